The van der Waals surface area contributed by atoms with Crippen molar-refractivity contribution in [2.24, 2.45) is 0 Å². The summed E-state index contributed by atoms with van der Waals surface area (Å²) in [5, 5.41) is 3.36. The van der Waals surface area contributed by atoms with Crippen molar-refractivity contribution in [1.29, 1.82) is 0 Å². The van der Waals surface area contributed by atoms with Crippen molar-refractivity contribution in [2.45, 2.75) is 19.4 Å². The molecular weight excluding hydrogens is 337 g/mol. The summed E-state index contributed by atoms with van der Waals surface area (Å²) in [5.74, 6) is 0.132. The molecule has 21 heavy (non-hydrogen) atoms. The fraction of sp³-hybridized carbons (Fsp3) is 0.333. The van der Waals surface area contributed by atoms with Gasteiger partial charge in [-0.15, -0.1) is 0 Å². The van der Waals surface area contributed by atoms with E-state index in [-0.39, 0.29) is 11.9 Å². The molecule has 0 radical (unpaired) electrons. The molecule has 1 N–H and O–H groups in total. The Morgan fingerprint density at radius 1 is 1.33 bits per heavy atom. The summed E-state index contributed by atoms with van der Waals surface area (Å²) in [6.07, 6.45) is 4.13. The van der Waals surface area contributed by atoms with Crippen molar-refractivity contribution in [1.82, 2.24) is 15.3 Å². The zero-order valence-corrected chi connectivity index (χ0v) is 13.5. The number of hydrogen-bond acceptors (Lipinski definition) is 4. The molecule has 0 amide bonds. The van der Waals surface area contributed by atoms with Crippen LogP contribution in [0.25, 0.3) is 0 Å². The summed E-state index contributed by atoms with van der Waals surface area (Å²) in [6.45, 7) is 2.85. The molecule has 1 atom stereocenters. The quantitative estimate of drug-likeness (QED) is 0.863. The summed E-state index contributed by atoms with van der Waals surface area (Å²) in [5.41, 5.74) is 1.43. The Labute approximate surface area is 131 Å². The molecule has 0 fully saturated rings. The van der Waals surface area contributed by atoms with E-state index in [0.29, 0.717) is 16.0 Å². The molecule has 0 aliphatic rings. The molecule has 2 rings (SSSR count). The maximum absolute atomic E-state index is 13.8. The monoisotopic (exact) mass is 353 g/mol. The number of benzene rings is 1. The van der Waals surface area contributed by atoms with Gasteiger partial charge in [0.05, 0.1) is 17.6 Å². The third kappa shape index (κ3) is 3.77. The highest BCUT2D eigenvalue weighted by Gasteiger charge is 2.21. The van der Waals surface area contributed by atoms with E-state index in [1.165, 1.54) is 6.07 Å². The summed E-state index contributed by atoms with van der Waals surface area (Å²) in [4.78, 5) is 8.51. The third-order valence-corrected chi connectivity index (χ3v) is 3.68. The van der Waals surface area contributed by atoms with Crippen LogP contribution in [0.15, 0.2) is 35.1 Å². The van der Waals surface area contributed by atoms with Gasteiger partial charge >= 0.3 is 0 Å². The van der Waals surface area contributed by atoms with E-state index in [1.807, 2.05) is 6.07 Å². The molecule has 4 nitrogen and oxygen atoms in total. The Kier molecular flexibility index (Phi) is 5.64. The van der Waals surface area contributed by atoms with E-state index in [4.69, 9.17) is 4.74 Å². The van der Waals surface area contributed by atoms with Crippen molar-refractivity contribution < 1.29 is 9.13 Å². The Morgan fingerprint density at radius 3 is 2.76 bits per heavy atom. The average Bonchev–Trinajstić information content (AvgIpc) is 2.51. The van der Waals surface area contributed by atoms with Gasteiger partial charge in [-0.3, -0.25) is 4.98 Å². The van der Waals surface area contributed by atoms with E-state index >= 15 is 0 Å². The van der Waals surface area contributed by atoms with Crippen LogP contribution in [0.4, 0.5) is 4.39 Å². The van der Waals surface area contributed by atoms with Crippen molar-refractivity contribution in [3.63, 3.8) is 0 Å². The maximum atomic E-state index is 13.8. The second-order valence-corrected chi connectivity index (χ2v) is 5.37. The number of nitrogens with one attached hydrogen (secondary N) is 1. The smallest absolute Gasteiger partial charge is 0.237 e. The molecule has 0 spiro atoms. The van der Waals surface area contributed by atoms with E-state index < -0.39 is 0 Å². The van der Waals surface area contributed by atoms with Gasteiger partial charge in [-0.25, -0.2) is 9.37 Å². The van der Waals surface area contributed by atoms with Crippen molar-refractivity contribution >= 4 is 15.9 Å². The van der Waals surface area contributed by atoms with Gasteiger partial charge < -0.3 is 10.1 Å². The first-order valence-electron chi connectivity index (χ1n) is 6.70. The summed E-state index contributed by atoms with van der Waals surface area (Å²) >= 11 is 3.17. The minimum Gasteiger partial charge on any atom is -0.480 e. The minimum atomic E-state index is -0.307. The SMILES string of the molecule is CCCNC(c1ccc(Br)c(F)c1)c1nccnc1OC. The fourth-order valence-corrected chi connectivity index (χ4v) is 2.29. The van der Waals surface area contributed by atoms with Gasteiger partial charge in [-0.1, -0.05) is 13.0 Å². The molecule has 0 aliphatic heterocycles. The number of rotatable bonds is 6. The Hall–Kier alpha value is -1.53. The zero-order chi connectivity index (χ0) is 15.2. The van der Waals surface area contributed by atoms with Crippen LogP contribution in [-0.2, 0) is 0 Å². The Bertz CT molecular complexity index is 609. The van der Waals surface area contributed by atoms with Gasteiger partial charge in [-0.05, 0) is 46.6 Å². The highest BCUT2D eigenvalue weighted by Crippen LogP contribution is 2.28. The van der Waals surface area contributed by atoms with Crippen LogP contribution < -0.4 is 10.1 Å². The van der Waals surface area contributed by atoms with Crippen LogP contribution in [0.5, 0.6) is 5.88 Å². The van der Waals surface area contributed by atoms with E-state index in [2.05, 4.69) is 38.1 Å². The molecule has 0 saturated heterocycles. The lowest BCUT2D eigenvalue weighted by Crippen LogP contribution is -2.25. The Balaban J connectivity index is 2.44. The molecule has 0 saturated carbocycles. The lowest BCUT2D eigenvalue weighted by Gasteiger charge is -2.20. The van der Waals surface area contributed by atoms with Crippen LogP contribution in [0.1, 0.15) is 30.6 Å². The molecule has 1 unspecified atom stereocenters. The maximum Gasteiger partial charge on any atom is 0.237 e. The second kappa shape index (κ2) is 7.47. The van der Waals surface area contributed by atoms with Gasteiger partial charge in [0.15, 0.2) is 0 Å². The van der Waals surface area contributed by atoms with Crippen LogP contribution in [0.3, 0.4) is 0 Å². The zero-order valence-electron chi connectivity index (χ0n) is 11.9. The second-order valence-electron chi connectivity index (χ2n) is 4.51. The van der Waals surface area contributed by atoms with Crippen molar-refractivity contribution in [3.05, 3.63) is 52.1 Å². The number of ether oxygens (including phenoxy) is 1. The highest BCUT2D eigenvalue weighted by molar-refractivity contribution is 9.10. The van der Waals surface area contributed by atoms with Crippen LogP contribution in [0.2, 0.25) is 0 Å². The first-order valence-corrected chi connectivity index (χ1v) is 7.49. The molecule has 0 aliphatic carbocycles. The normalized spacial score (nSPS) is 12.2. The van der Waals surface area contributed by atoms with Gasteiger partial charge in [0.1, 0.15) is 11.5 Å². The lowest BCUT2D eigenvalue weighted by atomic mass is 10.0. The lowest BCUT2D eigenvalue weighted by molar-refractivity contribution is 0.382. The van der Waals surface area contributed by atoms with Gasteiger partial charge in [0.25, 0.3) is 0 Å². The van der Waals surface area contributed by atoms with Crippen molar-refractivity contribution in [3.8, 4) is 5.88 Å². The summed E-state index contributed by atoms with van der Waals surface area (Å²) < 4.78 is 19.5. The third-order valence-electron chi connectivity index (χ3n) is 3.03. The van der Waals surface area contributed by atoms with Gasteiger partial charge in [0.2, 0.25) is 5.88 Å². The van der Waals surface area contributed by atoms with Crippen molar-refractivity contribution in [2.75, 3.05) is 13.7 Å². The number of hydrogen-bond donors (Lipinski definition) is 1. The van der Waals surface area contributed by atoms with E-state index in [9.17, 15) is 4.39 Å². The van der Waals surface area contributed by atoms with E-state index in [1.54, 1.807) is 25.6 Å². The van der Waals surface area contributed by atoms with Gasteiger partial charge in [-0.2, -0.15) is 0 Å². The summed E-state index contributed by atoms with van der Waals surface area (Å²) in [7, 11) is 1.55. The number of halogens is 2. The first-order chi connectivity index (χ1) is 10.2. The first kappa shape index (κ1) is 15.9. The summed E-state index contributed by atoms with van der Waals surface area (Å²) in [6, 6.07) is 4.77. The molecule has 6 heteroatoms. The molecule has 1 aromatic heterocycles. The van der Waals surface area contributed by atoms with Crippen LogP contribution in [-0.4, -0.2) is 23.6 Å². The topological polar surface area (TPSA) is 47.0 Å². The minimum absolute atomic E-state index is 0.267. The molecule has 1 heterocycles. The Morgan fingerprint density at radius 2 is 2.10 bits per heavy atom. The highest BCUT2D eigenvalue weighted by atomic mass is 79.9. The molecule has 2 aromatic rings. The predicted molar refractivity (Wildman–Crippen MR) is 82.8 cm³/mol. The standard InChI is InChI=1S/C15H17BrFN3O/c1-3-6-18-13(10-4-5-11(16)12(17)9-10)14-15(21-2)20-8-7-19-14/h4-5,7-9,13,18H,3,6H2,1-2H3. The number of methoxy groups -OCH3 is 1. The van der Waals surface area contributed by atoms with Crippen LogP contribution in [0, 0.1) is 5.82 Å². The average molecular weight is 354 g/mol. The molecule has 112 valence electrons. The molecule has 0 bridgehead atoms. The molecule has 1 aromatic carbocycles. The van der Waals surface area contributed by atoms with Gasteiger partial charge in [0, 0.05) is 12.4 Å². The molecular formula is C15H17BrFN3O. The number of aromatic nitrogens is 2. The fourth-order valence-electron chi connectivity index (χ4n) is 2.04. The number of nitrogens with zero attached hydrogens (tertiary/aromatic N) is 2. The predicted octanol–water partition coefficient (Wildman–Crippen LogP) is 3.48. The van der Waals surface area contributed by atoms with Crippen LogP contribution >= 0.6 is 15.9 Å². The van der Waals surface area contributed by atoms with E-state index in [0.717, 1.165) is 18.5 Å². The largest absolute Gasteiger partial charge is 0.480 e.